The van der Waals surface area contributed by atoms with Crippen LogP contribution in [0.1, 0.15) is 11.5 Å². The Kier molecular flexibility index (Phi) is 1.78. The third-order valence-corrected chi connectivity index (χ3v) is 3.26. The van der Waals surface area contributed by atoms with Gasteiger partial charge in [-0.25, -0.2) is 0 Å². The topological polar surface area (TPSA) is 20.2 Å². The third-order valence-electron chi connectivity index (χ3n) is 1.98. The number of rotatable bonds is 1. The van der Waals surface area contributed by atoms with Crippen molar-refractivity contribution in [3.63, 3.8) is 0 Å². The van der Waals surface area contributed by atoms with E-state index in [1.807, 2.05) is 23.9 Å². The maximum absolute atomic E-state index is 9.17. The zero-order chi connectivity index (χ0) is 7.68. The number of thioether (sulfide) groups is 1. The monoisotopic (exact) mass is 166 g/mol. The first kappa shape index (κ1) is 7.04. The van der Waals surface area contributed by atoms with Gasteiger partial charge in [-0.05, 0) is 17.7 Å². The van der Waals surface area contributed by atoms with Gasteiger partial charge in [0.2, 0.25) is 0 Å². The average molecular weight is 166 g/mol. The van der Waals surface area contributed by atoms with Gasteiger partial charge in [0.25, 0.3) is 0 Å². The molecule has 1 saturated heterocycles. The molecule has 0 radical (unpaired) electrons. The Bertz CT molecular complexity index is 255. The minimum Gasteiger partial charge on any atom is -0.508 e. The molecule has 1 aliphatic rings. The summed E-state index contributed by atoms with van der Waals surface area (Å²) >= 11 is 1.96. The van der Waals surface area contributed by atoms with E-state index in [-0.39, 0.29) is 0 Å². The van der Waals surface area contributed by atoms with E-state index < -0.39 is 0 Å². The molecule has 0 amide bonds. The molecular formula is C9H10OS. The van der Waals surface area contributed by atoms with Gasteiger partial charge in [0.05, 0.1) is 0 Å². The highest BCUT2D eigenvalue weighted by Crippen LogP contribution is 2.34. The van der Waals surface area contributed by atoms with Gasteiger partial charge >= 0.3 is 0 Å². The van der Waals surface area contributed by atoms with Crippen LogP contribution < -0.4 is 0 Å². The summed E-state index contributed by atoms with van der Waals surface area (Å²) < 4.78 is 0. The Labute approximate surface area is 70.4 Å². The molecule has 1 N–H and O–H groups in total. The van der Waals surface area contributed by atoms with Crippen LogP contribution in [0.2, 0.25) is 0 Å². The number of phenols is 1. The molecular weight excluding hydrogens is 156 g/mol. The second kappa shape index (κ2) is 2.78. The van der Waals surface area contributed by atoms with Gasteiger partial charge in [-0.3, -0.25) is 0 Å². The summed E-state index contributed by atoms with van der Waals surface area (Å²) in [6.07, 6.45) is 0. The van der Waals surface area contributed by atoms with E-state index in [0.29, 0.717) is 11.7 Å². The molecule has 1 heterocycles. The minimum absolute atomic E-state index is 0.388. The maximum Gasteiger partial charge on any atom is 0.115 e. The molecule has 1 aromatic rings. The van der Waals surface area contributed by atoms with E-state index in [0.717, 1.165) is 0 Å². The zero-order valence-electron chi connectivity index (χ0n) is 6.16. The number of aromatic hydroxyl groups is 1. The van der Waals surface area contributed by atoms with E-state index in [1.165, 1.54) is 17.1 Å². The zero-order valence-corrected chi connectivity index (χ0v) is 6.97. The molecule has 0 saturated carbocycles. The van der Waals surface area contributed by atoms with Gasteiger partial charge in [-0.2, -0.15) is 11.8 Å². The molecule has 58 valence electrons. The van der Waals surface area contributed by atoms with Gasteiger partial charge in [-0.1, -0.05) is 12.1 Å². The average Bonchev–Trinajstić information content (AvgIpc) is 1.83. The molecule has 2 heteroatoms. The van der Waals surface area contributed by atoms with E-state index in [4.69, 9.17) is 0 Å². The number of benzene rings is 1. The second-order valence-electron chi connectivity index (χ2n) is 2.83. The minimum atomic E-state index is 0.388. The standard InChI is InChI=1S/C9H10OS/c10-9-3-1-2-7(4-9)8-5-11-6-8/h1-4,8,10H,5-6H2. The SMILES string of the molecule is Oc1cccc(C2CSC2)c1. The lowest BCUT2D eigenvalue weighted by Gasteiger charge is -2.25. The number of hydrogen-bond acceptors (Lipinski definition) is 2. The Morgan fingerprint density at radius 2 is 2.18 bits per heavy atom. The summed E-state index contributed by atoms with van der Waals surface area (Å²) in [5.41, 5.74) is 1.28. The molecule has 1 fully saturated rings. The molecule has 0 bridgehead atoms. The first-order chi connectivity index (χ1) is 5.36. The predicted molar refractivity (Wildman–Crippen MR) is 48.2 cm³/mol. The van der Waals surface area contributed by atoms with Gasteiger partial charge in [-0.15, -0.1) is 0 Å². The smallest absolute Gasteiger partial charge is 0.115 e. The lowest BCUT2D eigenvalue weighted by molar-refractivity contribution is 0.474. The molecule has 0 aromatic heterocycles. The van der Waals surface area contributed by atoms with Crippen LogP contribution in [0, 0.1) is 0 Å². The lowest BCUT2D eigenvalue weighted by atomic mass is 10.0. The summed E-state index contributed by atoms with van der Waals surface area (Å²) in [6.45, 7) is 0. The molecule has 0 atom stereocenters. The fourth-order valence-corrected chi connectivity index (χ4v) is 2.06. The quantitative estimate of drug-likeness (QED) is 0.690. The summed E-state index contributed by atoms with van der Waals surface area (Å²) in [6, 6.07) is 7.58. The van der Waals surface area contributed by atoms with Gasteiger partial charge < -0.3 is 5.11 Å². The highest BCUT2D eigenvalue weighted by Gasteiger charge is 2.19. The fraction of sp³-hybridized carbons (Fsp3) is 0.333. The molecule has 2 rings (SSSR count). The molecule has 1 nitrogen and oxygen atoms in total. The predicted octanol–water partition coefficient (Wildman–Crippen LogP) is 2.22. The third kappa shape index (κ3) is 1.36. The van der Waals surface area contributed by atoms with Gasteiger partial charge in [0.1, 0.15) is 5.75 Å². The summed E-state index contributed by atoms with van der Waals surface area (Å²) in [5, 5.41) is 9.17. The number of hydrogen-bond donors (Lipinski definition) is 1. The Hall–Kier alpha value is -0.630. The molecule has 1 aliphatic heterocycles. The van der Waals surface area contributed by atoms with E-state index in [1.54, 1.807) is 6.07 Å². The van der Waals surface area contributed by atoms with Crippen LogP contribution in [-0.2, 0) is 0 Å². The maximum atomic E-state index is 9.17. The van der Waals surface area contributed by atoms with Crippen LogP contribution in [0.3, 0.4) is 0 Å². The molecule has 0 unspecified atom stereocenters. The van der Waals surface area contributed by atoms with Gasteiger partial charge in [0.15, 0.2) is 0 Å². The van der Waals surface area contributed by atoms with Crippen molar-refractivity contribution in [3.8, 4) is 5.75 Å². The van der Waals surface area contributed by atoms with Crippen molar-refractivity contribution in [2.45, 2.75) is 5.92 Å². The van der Waals surface area contributed by atoms with Crippen molar-refractivity contribution in [1.82, 2.24) is 0 Å². The van der Waals surface area contributed by atoms with Crippen molar-refractivity contribution in [1.29, 1.82) is 0 Å². The van der Waals surface area contributed by atoms with Crippen molar-refractivity contribution in [2.75, 3.05) is 11.5 Å². The van der Waals surface area contributed by atoms with Crippen LogP contribution in [0.15, 0.2) is 24.3 Å². The normalized spacial score (nSPS) is 17.8. The van der Waals surface area contributed by atoms with Crippen LogP contribution in [0.25, 0.3) is 0 Å². The van der Waals surface area contributed by atoms with E-state index >= 15 is 0 Å². The summed E-state index contributed by atoms with van der Waals surface area (Å²) in [7, 11) is 0. The first-order valence-electron chi connectivity index (χ1n) is 3.73. The van der Waals surface area contributed by atoms with Crippen LogP contribution >= 0.6 is 11.8 Å². The molecule has 0 aliphatic carbocycles. The lowest BCUT2D eigenvalue weighted by Crippen LogP contribution is -2.14. The highest BCUT2D eigenvalue weighted by atomic mass is 32.2. The van der Waals surface area contributed by atoms with Gasteiger partial charge in [0, 0.05) is 17.4 Å². The van der Waals surface area contributed by atoms with E-state index in [9.17, 15) is 5.11 Å². The van der Waals surface area contributed by atoms with Crippen LogP contribution in [-0.4, -0.2) is 16.6 Å². The van der Waals surface area contributed by atoms with Crippen LogP contribution in [0.4, 0.5) is 0 Å². The Morgan fingerprint density at radius 1 is 1.36 bits per heavy atom. The number of phenolic OH excluding ortho intramolecular Hbond substituents is 1. The van der Waals surface area contributed by atoms with Crippen molar-refractivity contribution >= 4 is 11.8 Å². The first-order valence-corrected chi connectivity index (χ1v) is 4.88. The molecule has 1 aromatic carbocycles. The second-order valence-corrected chi connectivity index (χ2v) is 3.90. The Morgan fingerprint density at radius 3 is 2.73 bits per heavy atom. The van der Waals surface area contributed by atoms with Crippen molar-refractivity contribution < 1.29 is 5.11 Å². The molecule has 0 spiro atoms. The van der Waals surface area contributed by atoms with Crippen LogP contribution in [0.5, 0.6) is 5.75 Å². The fourth-order valence-electron chi connectivity index (χ4n) is 1.21. The summed E-state index contributed by atoms with van der Waals surface area (Å²) in [4.78, 5) is 0. The largest absolute Gasteiger partial charge is 0.508 e. The van der Waals surface area contributed by atoms with E-state index in [2.05, 4.69) is 6.07 Å². The van der Waals surface area contributed by atoms with Crippen molar-refractivity contribution in [3.05, 3.63) is 29.8 Å². The summed E-state index contributed by atoms with van der Waals surface area (Å²) in [5.74, 6) is 3.50. The Balaban J connectivity index is 2.23. The molecule has 11 heavy (non-hydrogen) atoms. The highest BCUT2D eigenvalue weighted by molar-refractivity contribution is 8.00. The van der Waals surface area contributed by atoms with Crippen molar-refractivity contribution in [2.24, 2.45) is 0 Å².